The van der Waals surface area contributed by atoms with E-state index >= 15 is 0 Å². The number of aromatic hydroxyl groups is 2. The van der Waals surface area contributed by atoms with Gasteiger partial charge in [0, 0.05) is 11.6 Å². The molecule has 1 aromatic carbocycles. The van der Waals surface area contributed by atoms with Gasteiger partial charge in [-0.2, -0.15) is 0 Å². The Balaban J connectivity index is 3.19. The lowest BCUT2D eigenvalue weighted by Gasteiger charge is -2.34. The van der Waals surface area contributed by atoms with Gasteiger partial charge in [-0.3, -0.25) is 4.79 Å². The molecule has 0 bridgehead atoms. The molecule has 1 rings (SSSR count). The van der Waals surface area contributed by atoms with Crippen molar-refractivity contribution in [2.75, 3.05) is 0 Å². The normalized spacial score (nSPS) is 15.4. The second-order valence-corrected chi connectivity index (χ2v) is 5.81. The van der Waals surface area contributed by atoms with Crippen LogP contribution in [-0.2, 0) is 10.2 Å². The Morgan fingerprint density at radius 2 is 1.90 bits per heavy atom. The van der Waals surface area contributed by atoms with Crippen LogP contribution in [0, 0.1) is 5.92 Å². The lowest BCUT2D eigenvalue weighted by atomic mass is 9.68. The molecule has 0 aromatic heterocycles. The van der Waals surface area contributed by atoms with Gasteiger partial charge < -0.3 is 15.3 Å². The molecular formula is C17H26O4. The van der Waals surface area contributed by atoms with Gasteiger partial charge in [0.1, 0.15) is 11.5 Å². The van der Waals surface area contributed by atoms with Gasteiger partial charge in [0.2, 0.25) is 0 Å². The monoisotopic (exact) mass is 294 g/mol. The van der Waals surface area contributed by atoms with Crippen LogP contribution in [0.2, 0.25) is 0 Å². The smallest absolute Gasteiger partial charge is 0.314 e. The minimum Gasteiger partial charge on any atom is -0.508 e. The second kappa shape index (κ2) is 7.34. The van der Waals surface area contributed by atoms with Crippen LogP contribution in [0.3, 0.4) is 0 Å². The lowest BCUT2D eigenvalue weighted by molar-refractivity contribution is -0.145. The predicted octanol–water partition coefficient (Wildman–Crippen LogP) is 4.05. The highest BCUT2D eigenvalue weighted by atomic mass is 16.4. The van der Waals surface area contributed by atoms with E-state index in [2.05, 4.69) is 6.92 Å². The minimum absolute atomic E-state index is 0.0583. The van der Waals surface area contributed by atoms with Gasteiger partial charge in [-0.15, -0.1) is 0 Å². The number of aliphatic carboxylic acids is 1. The summed E-state index contributed by atoms with van der Waals surface area (Å²) in [7, 11) is 0. The Bertz CT molecular complexity index is 484. The first-order valence-electron chi connectivity index (χ1n) is 7.63. The van der Waals surface area contributed by atoms with Crippen LogP contribution in [0.25, 0.3) is 0 Å². The van der Waals surface area contributed by atoms with E-state index in [-0.39, 0.29) is 17.4 Å². The Morgan fingerprint density at radius 1 is 1.24 bits per heavy atom. The summed E-state index contributed by atoms with van der Waals surface area (Å²) in [6.07, 6.45) is 4.69. The molecule has 1 aromatic rings. The van der Waals surface area contributed by atoms with Crippen LogP contribution in [0.4, 0.5) is 0 Å². The number of phenols is 2. The maximum atomic E-state index is 11.9. The van der Waals surface area contributed by atoms with E-state index < -0.39 is 11.4 Å². The first kappa shape index (κ1) is 17.3. The van der Waals surface area contributed by atoms with Gasteiger partial charge in [0.05, 0.1) is 5.41 Å². The number of hydrogen-bond acceptors (Lipinski definition) is 3. The number of carbonyl (C=O) groups is 1. The summed E-state index contributed by atoms with van der Waals surface area (Å²) in [6, 6.07) is 4.14. The number of carboxylic acids is 1. The van der Waals surface area contributed by atoms with Gasteiger partial charge in [-0.25, -0.2) is 0 Å². The number of phenolic OH excluding ortho intramolecular Hbond substituents is 2. The maximum absolute atomic E-state index is 11.9. The van der Waals surface area contributed by atoms with Crippen LogP contribution in [0.15, 0.2) is 18.2 Å². The highest BCUT2D eigenvalue weighted by molar-refractivity contribution is 5.82. The molecular weight excluding hydrogens is 268 g/mol. The van der Waals surface area contributed by atoms with E-state index in [1.54, 1.807) is 6.92 Å². The first-order valence-corrected chi connectivity index (χ1v) is 7.63. The molecule has 4 heteroatoms. The molecule has 118 valence electrons. The van der Waals surface area contributed by atoms with Crippen molar-refractivity contribution in [1.82, 2.24) is 0 Å². The van der Waals surface area contributed by atoms with E-state index in [1.807, 2.05) is 6.92 Å². The third-order valence-electron chi connectivity index (χ3n) is 4.45. The molecule has 0 saturated carbocycles. The van der Waals surface area contributed by atoms with Gasteiger partial charge in [-0.1, -0.05) is 45.6 Å². The third-order valence-corrected chi connectivity index (χ3v) is 4.45. The Labute approximate surface area is 126 Å². The SMILES string of the molecule is CCCCCC(CC)C(C)(C(=O)O)c1ccc(O)cc1O. The summed E-state index contributed by atoms with van der Waals surface area (Å²) in [5.74, 6) is -1.22. The van der Waals surface area contributed by atoms with Gasteiger partial charge in [0.15, 0.2) is 0 Å². The van der Waals surface area contributed by atoms with Crippen LogP contribution >= 0.6 is 0 Å². The quantitative estimate of drug-likeness (QED) is 0.632. The van der Waals surface area contributed by atoms with Gasteiger partial charge in [-0.05, 0) is 25.3 Å². The van der Waals surface area contributed by atoms with Crippen molar-refractivity contribution in [2.45, 2.75) is 58.3 Å². The van der Waals surface area contributed by atoms with Gasteiger partial charge >= 0.3 is 5.97 Å². The zero-order valence-electron chi connectivity index (χ0n) is 13.1. The number of carboxylic acid groups (broad SMARTS) is 1. The molecule has 4 nitrogen and oxygen atoms in total. The molecule has 0 aliphatic heterocycles. The molecule has 2 unspecified atom stereocenters. The molecule has 0 fully saturated rings. The number of benzene rings is 1. The standard InChI is InChI=1S/C17H26O4/c1-4-6-7-8-12(5-2)17(3,16(20)21)14-10-9-13(18)11-15(14)19/h9-12,18-19H,4-8H2,1-3H3,(H,20,21). The van der Waals surface area contributed by atoms with Crippen molar-refractivity contribution in [3.63, 3.8) is 0 Å². The average molecular weight is 294 g/mol. The first-order chi connectivity index (χ1) is 9.87. The summed E-state index contributed by atoms with van der Waals surface area (Å²) in [4.78, 5) is 11.9. The highest BCUT2D eigenvalue weighted by Crippen LogP contribution is 2.42. The maximum Gasteiger partial charge on any atom is 0.314 e. The zero-order valence-corrected chi connectivity index (χ0v) is 13.1. The Morgan fingerprint density at radius 3 is 2.38 bits per heavy atom. The van der Waals surface area contributed by atoms with Crippen molar-refractivity contribution in [3.8, 4) is 11.5 Å². The summed E-state index contributed by atoms with van der Waals surface area (Å²) < 4.78 is 0. The largest absolute Gasteiger partial charge is 0.508 e. The lowest BCUT2D eigenvalue weighted by Crippen LogP contribution is -2.40. The fourth-order valence-electron chi connectivity index (χ4n) is 3.01. The zero-order chi connectivity index (χ0) is 16.0. The van der Waals surface area contributed by atoms with Crippen LogP contribution < -0.4 is 0 Å². The van der Waals surface area contributed by atoms with Crippen molar-refractivity contribution >= 4 is 5.97 Å². The van der Waals surface area contributed by atoms with Crippen molar-refractivity contribution in [1.29, 1.82) is 0 Å². The van der Waals surface area contributed by atoms with E-state index in [4.69, 9.17) is 0 Å². The van der Waals surface area contributed by atoms with E-state index in [0.717, 1.165) is 32.1 Å². The number of rotatable bonds is 8. The summed E-state index contributed by atoms with van der Waals surface area (Å²) >= 11 is 0. The molecule has 0 heterocycles. The van der Waals surface area contributed by atoms with Crippen molar-refractivity contribution < 1.29 is 20.1 Å². The van der Waals surface area contributed by atoms with Crippen LogP contribution in [-0.4, -0.2) is 21.3 Å². The fraction of sp³-hybridized carbons (Fsp3) is 0.588. The second-order valence-electron chi connectivity index (χ2n) is 5.81. The molecule has 3 N–H and O–H groups in total. The molecule has 0 spiro atoms. The number of unbranched alkanes of at least 4 members (excludes halogenated alkanes) is 2. The average Bonchev–Trinajstić information content (AvgIpc) is 2.42. The Kier molecular flexibility index (Phi) is 6.06. The molecule has 0 aliphatic rings. The predicted molar refractivity (Wildman–Crippen MR) is 82.7 cm³/mol. The van der Waals surface area contributed by atoms with E-state index in [9.17, 15) is 20.1 Å². The summed E-state index contributed by atoms with van der Waals surface area (Å²) in [5, 5.41) is 29.2. The summed E-state index contributed by atoms with van der Waals surface area (Å²) in [5.41, 5.74) is -0.781. The molecule has 0 saturated heterocycles. The van der Waals surface area contributed by atoms with Crippen LogP contribution in [0.5, 0.6) is 11.5 Å². The molecule has 0 radical (unpaired) electrons. The van der Waals surface area contributed by atoms with Crippen molar-refractivity contribution in [2.24, 2.45) is 5.92 Å². The Hall–Kier alpha value is -1.71. The molecule has 0 amide bonds. The summed E-state index contributed by atoms with van der Waals surface area (Å²) in [6.45, 7) is 5.76. The third kappa shape index (κ3) is 3.69. The van der Waals surface area contributed by atoms with Gasteiger partial charge in [0.25, 0.3) is 0 Å². The molecule has 21 heavy (non-hydrogen) atoms. The fourth-order valence-corrected chi connectivity index (χ4v) is 3.01. The van der Waals surface area contributed by atoms with E-state index in [0.29, 0.717) is 5.56 Å². The molecule has 0 aliphatic carbocycles. The topological polar surface area (TPSA) is 77.8 Å². The van der Waals surface area contributed by atoms with Crippen LogP contribution in [0.1, 0.15) is 58.4 Å². The molecule has 2 atom stereocenters. The minimum atomic E-state index is -1.15. The highest BCUT2D eigenvalue weighted by Gasteiger charge is 2.43. The number of hydrogen-bond donors (Lipinski definition) is 3. The van der Waals surface area contributed by atoms with E-state index in [1.165, 1.54) is 18.2 Å². The van der Waals surface area contributed by atoms with Crippen molar-refractivity contribution in [3.05, 3.63) is 23.8 Å².